The molecule has 4 nitrogen and oxygen atoms in total. The molecule has 0 N–H and O–H groups in total. The highest BCUT2D eigenvalue weighted by Crippen LogP contribution is 2.52. The molecule has 0 amide bonds. The maximum absolute atomic E-state index is 6.23. The molecule has 2 aromatic heterocycles. The second-order valence-electron chi connectivity index (χ2n) is 16.8. The van der Waals surface area contributed by atoms with E-state index >= 15 is 0 Å². The zero-order chi connectivity index (χ0) is 42.1. The zero-order valence-corrected chi connectivity index (χ0v) is 35.7. The van der Waals surface area contributed by atoms with Crippen molar-refractivity contribution in [1.29, 1.82) is 0 Å². The quantitative estimate of drug-likeness (QED) is 0.153. The number of hydrogen-bond acceptors (Lipinski definition) is 5. The summed E-state index contributed by atoms with van der Waals surface area (Å²) in [7, 11) is 0. The third-order valence-corrected chi connectivity index (χ3v) is 13.8. The van der Waals surface area contributed by atoms with Crippen LogP contribution in [0, 0.1) is 0 Å². The Bertz CT molecular complexity index is 3430. The second kappa shape index (κ2) is 14.7. The smallest absolute Gasteiger partial charge is 0.227 e. The molecule has 63 heavy (non-hydrogen) atoms. The predicted octanol–water partition coefficient (Wildman–Crippen LogP) is 16.8. The van der Waals surface area contributed by atoms with Gasteiger partial charge in [0.15, 0.2) is 5.58 Å². The minimum absolute atomic E-state index is 0.154. The van der Waals surface area contributed by atoms with Gasteiger partial charge in [0, 0.05) is 59.6 Å². The van der Waals surface area contributed by atoms with Gasteiger partial charge in [-0.2, -0.15) is 0 Å². The van der Waals surface area contributed by atoms with E-state index in [1.807, 2.05) is 35.6 Å². The Morgan fingerprint density at radius 2 is 1.08 bits per heavy atom. The molecule has 0 saturated carbocycles. The van der Waals surface area contributed by atoms with Gasteiger partial charge in [0.05, 0.1) is 5.69 Å². The molecule has 0 bridgehead atoms. The summed E-state index contributed by atoms with van der Waals surface area (Å²) in [4.78, 5) is 9.54. The Hall–Kier alpha value is -7.73. The molecule has 2 heterocycles. The van der Waals surface area contributed by atoms with Crippen molar-refractivity contribution >= 4 is 76.7 Å². The van der Waals surface area contributed by atoms with Crippen LogP contribution in [0.15, 0.2) is 217 Å². The lowest BCUT2D eigenvalue weighted by molar-refractivity contribution is 0.620. The molecule has 0 radical (unpaired) electrons. The fraction of sp³-hybridized carbons (Fsp3) is 0.0517. The maximum atomic E-state index is 6.23. The van der Waals surface area contributed by atoms with Crippen LogP contribution >= 0.6 is 11.3 Å². The first kappa shape index (κ1) is 37.1. The van der Waals surface area contributed by atoms with E-state index in [1.54, 1.807) is 0 Å². The van der Waals surface area contributed by atoms with Gasteiger partial charge in [-0.1, -0.05) is 123 Å². The largest absolute Gasteiger partial charge is 0.436 e. The number of fused-ring (bicyclic) bond motifs is 7. The highest BCUT2D eigenvalue weighted by molar-refractivity contribution is 7.26. The fourth-order valence-corrected chi connectivity index (χ4v) is 10.8. The summed E-state index contributed by atoms with van der Waals surface area (Å²) in [6.07, 6.45) is 0. The molecule has 300 valence electrons. The summed E-state index contributed by atoms with van der Waals surface area (Å²) in [6.45, 7) is 4.73. The van der Waals surface area contributed by atoms with E-state index < -0.39 is 0 Å². The van der Waals surface area contributed by atoms with Crippen molar-refractivity contribution in [2.45, 2.75) is 19.3 Å². The van der Waals surface area contributed by atoms with Gasteiger partial charge in [0.25, 0.3) is 0 Å². The standard InChI is InChI=1S/C58H41N3OS/c1-58(2)49-33-30-45(60(41-17-6-3-7-18-41)42-19-8-4-9-20-42)37-48(49)46-31-28-38(35-50(46)58)39-29-32-47-55(36-39)63-54-27-15-25-52(56(47)54)61(43-21-10-5-11-22-43)44-23-14-16-40(34-44)57-59-51-24-12-13-26-53(51)62-57/h3-37H,1-2H3. The molecule has 11 aromatic rings. The van der Waals surface area contributed by atoms with Crippen LogP contribution in [-0.4, -0.2) is 4.98 Å². The first-order valence-electron chi connectivity index (χ1n) is 21.4. The number of oxazole rings is 1. The summed E-state index contributed by atoms with van der Waals surface area (Å²) < 4.78 is 8.74. The lowest BCUT2D eigenvalue weighted by atomic mass is 9.81. The van der Waals surface area contributed by atoms with Gasteiger partial charge in [0.2, 0.25) is 5.89 Å². The molecule has 0 aliphatic heterocycles. The van der Waals surface area contributed by atoms with Gasteiger partial charge >= 0.3 is 0 Å². The van der Waals surface area contributed by atoms with Gasteiger partial charge in [-0.15, -0.1) is 11.3 Å². The van der Waals surface area contributed by atoms with Crippen molar-refractivity contribution < 1.29 is 4.42 Å². The van der Waals surface area contributed by atoms with Gasteiger partial charge < -0.3 is 14.2 Å². The average Bonchev–Trinajstić information content (AvgIpc) is 4.01. The van der Waals surface area contributed by atoms with Crippen molar-refractivity contribution in [3.8, 4) is 33.7 Å². The van der Waals surface area contributed by atoms with E-state index in [9.17, 15) is 0 Å². The molecule has 5 heteroatoms. The van der Waals surface area contributed by atoms with Crippen molar-refractivity contribution in [1.82, 2.24) is 4.98 Å². The lowest BCUT2D eigenvalue weighted by Crippen LogP contribution is -2.15. The van der Waals surface area contributed by atoms with Crippen LogP contribution in [0.4, 0.5) is 34.1 Å². The van der Waals surface area contributed by atoms with Gasteiger partial charge in [-0.05, 0) is 137 Å². The molecule has 12 rings (SSSR count). The topological polar surface area (TPSA) is 32.5 Å². The number of rotatable bonds is 8. The molecule has 1 aliphatic rings. The Kier molecular flexibility index (Phi) is 8.66. The summed E-state index contributed by atoms with van der Waals surface area (Å²) in [6, 6.07) is 76.1. The van der Waals surface area contributed by atoms with E-state index in [-0.39, 0.29) is 5.41 Å². The molecule has 0 unspecified atom stereocenters. The van der Waals surface area contributed by atoms with Crippen LogP contribution < -0.4 is 9.80 Å². The van der Waals surface area contributed by atoms with E-state index in [1.165, 1.54) is 53.6 Å². The first-order chi connectivity index (χ1) is 31.0. The maximum Gasteiger partial charge on any atom is 0.227 e. The number of hydrogen-bond donors (Lipinski definition) is 0. The normalized spacial score (nSPS) is 12.7. The second-order valence-corrected chi connectivity index (χ2v) is 17.9. The molecular weight excluding hydrogens is 787 g/mol. The molecule has 0 spiro atoms. The Morgan fingerprint density at radius 3 is 1.83 bits per heavy atom. The number of thiophene rings is 1. The SMILES string of the molecule is CC1(C)c2ccc(N(c3ccccc3)c3ccccc3)cc2-c2ccc(-c3ccc4c(c3)sc3cccc(N(c5ccccc5)c5cccc(-c6nc7ccccc7o6)c5)c34)cc21. The molecule has 1 aliphatic carbocycles. The Labute approximate surface area is 370 Å². The number of para-hydroxylation sites is 5. The van der Waals surface area contributed by atoms with Crippen LogP contribution in [-0.2, 0) is 5.41 Å². The summed E-state index contributed by atoms with van der Waals surface area (Å²) in [5.74, 6) is 0.610. The Morgan fingerprint density at radius 1 is 0.444 bits per heavy atom. The predicted molar refractivity (Wildman–Crippen MR) is 265 cm³/mol. The van der Waals surface area contributed by atoms with Crippen LogP contribution in [0.3, 0.4) is 0 Å². The van der Waals surface area contributed by atoms with Crippen molar-refractivity contribution in [2.75, 3.05) is 9.80 Å². The van der Waals surface area contributed by atoms with E-state index in [0.717, 1.165) is 50.8 Å². The summed E-state index contributed by atoms with van der Waals surface area (Å²) in [5, 5.41) is 2.48. The van der Waals surface area contributed by atoms with Crippen LogP contribution in [0.25, 0.3) is 65.0 Å². The van der Waals surface area contributed by atoms with Crippen LogP contribution in [0.1, 0.15) is 25.0 Å². The molecule has 9 aromatic carbocycles. The molecule has 0 saturated heterocycles. The third kappa shape index (κ3) is 6.23. The van der Waals surface area contributed by atoms with Gasteiger partial charge in [-0.25, -0.2) is 4.98 Å². The molecule has 0 atom stereocenters. The van der Waals surface area contributed by atoms with E-state index in [2.05, 4.69) is 212 Å². The number of benzene rings is 9. The van der Waals surface area contributed by atoms with Crippen molar-refractivity contribution in [2.24, 2.45) is 0 Å². The monoisotopic (exact) mass is 827 g/mol. The Balaban J connectivity index is 0.933. The third-order valence-electron chi connectivity index (χ3n) is 12.7. The van der Waals surface area contributed by atoms with Crippen LogP contribution in [0.2, 0.25) is 0 Å². The number of aromatic nitrogens is 1. The lowest BCUT2D eigenvalue weighted by Gasteiger charge is -2.27. The fourth-order valence-electron chi connectivity index (χ4n) is 9.61. The first-order valence-corrected chi connectivity index (χ1v) is 22.3. The number of nitrogens with zero attached hydrogens (tertiary/aromatic N) is 3. The highest BCUT2D eigenvalue weighted by atomic mass is 32.1. The molecular formula is C58H41N3OS. The average molecular weight is 828 g/mol. The van der Waals surface area contributed by atoms with Crippen molar-refractivity contribution in [3.63, 3.8) is 0 Å². The van der Waals surface area contributed by atoms with Gasteiger partial charge in [-0.3, -0.25) is 0 Å². The van der Waals surface area contributed by atoms with Crippen molar-refractivity contribution in [3.05, 3.63) is 223 Å². The number of anilines is 6. The van der Waals surface area contributed by atoms with Gasteiger partial charge in [0.1, 0.15) is 5.52 Å². The summed E-state index contributed by atoms with van der Waals surface area (Å²) >= 11 is 1.85. The minimum Gasteiger partial charge on any atom is -0.436 e. The highest BCUT2D eigenvalue weighted by Gasteiger charge is 2.36. The minimum atomic E-state index is -0.154. The van der Waals surface area contributed by atoms with Crippen LogP contribution in [0.5, 0.6) is 0 Å². The summed E-state index contributed by atoms with van der Waals surface area (Å²) in [5.41, 5.74) is 16.8. The van der Waals surface area contributed by atoms with E-state index in [0.29, 0.717) is 5.89 Å². The van der Waals surface area contributed by atoms with E-state index in [4.69, 9.17) is 9.40 Å². The molecule has 0 fully saturated rings. The zero-order valence-electron chi connectivity index (χ0n) is 34.9.